The summed E-state index contributed by atoms with van der Waals surface area (Å²) in [6.45, 7) is 14.8. The molecule has 2 rings (SSSR count). The highest BCUT2D eigenvalue weighted by Crippen LogP contribution is 2.29. The highest BCUT2D eigenvalue weighted by molar-refractivity contribution is 4.90. The molecule has 2 fully saturated rings. The summed E-state index contributed by atoms with van der Waals surface area (Å²) in [5.74, 6) is 2.17. The van der Waals surface area contributed by atoms with Crippen molar-refractivity contribution in [3.8, 4) is 0 Å². The molecule has 3 nitrogen and oxygen atoms in total. The summed E-state index contributed by atoms with van der Waals surface area (Å²) in [6.07, 6.45) is 2.29. The molecule has 2 aliphatic heterocycles. The molecule has 1 atom stereocenters. The monoisotopic (exact) mass is 254 g/mol. The normalized spacial score (nSPS) is 29.3. The van der Waals surface area contributed by atoms with E-state index in [0.29, 0.717) is 5.92 Å². The molecule has 0 aromatic carbocycles. The first-order chi connectivity index (χ1) is 8.51. The van der Waals surface area contributed by atoms with Crippen LogP contribution in [0.15, 0.2) is 0 Å². The van der Waals surface area contributed by atoms with Crippen LogP contribution < -0.4 is 5.32 Å². The van der Waals surface area contributed by atoms with Gasteiger partial charge < -0.3 is 9.64 Å². The van der Waals surface area contributed by atoms with Gasteiger partial charge in [-0.25, -0.2) is 0 Å². The predicted octanol–water partition coefficient (Wildman–Crippen LogP) is 2.33. The lowest BCUT2D eigenvalue weighted by Gasteiger charge is -2.47. The topological polar surface area (TPSA) is 24.5 Å². The van der Waals surface area contributed by atoms with Crippen molar-refractivity contribution in [3.05, 3.63) is 0 Å². The van der Waals surface area contributed by atoms with Crippen molar-refractivity contribution in [1.82, 2.24) is 10.2 Å². The number of likely N-dealkylation sites (tertiary alicyclic amines) is 1. The molecule has 0 aromatic heterocycles. The van der Waals surface area contributed by atoms with E-state index in [1.54, 1.807) is 0 Å². The molecular formula is C15H30N2O. The molecule has 1 spiro atoms. The molecule has 1 unspecified atom stereocenters. The maximum absolute atomic E-state index is 6.20. The van der Waals surface area contributed by atoms with E-state index < -0.39 is 0 Å². The molecule has 1 N–H and O–H groups in total. The van der Waals surface area contributed by atoms with Crippen molar-refractivity contribution < 1.29 is 4.74 Å². The van der Waals surface area contributed by atoms with E-state index in [4.69, 9.17) is 4.74 Å². The van der Waals surface area contributed by atoms with Gasteiger partial charge in [0.2, 0.25) is 0 Å². The minimum absolute atomic E-state index is 0.00112. The Morgan fingerprint density at radius 3 is 2.33 bits per heavy atom. The average molecular weight is 254 g/mol. The lowest BCUT2D eigenvalue weighted by molar-refractivity contribution is -0.149. The van der Waals surface area contributed by atoms with Crippen LogP contribution in [0.3, 0.4) is 0 Å². The van der Waals surface area contributed by atoms with Crippen LogP contribution in [-0.2, 0) is 4.74 Å². The Labute approximate surface area is 112 Å². The SMILES string of the molecule is CC(C)CN1CCC2(CC1)NCC(C(C)C)CO2. The van der Waals surface area contributed by atoms with Crippen LogP contribution in [0.25, 0.3) is 0 Å². The third kappa shape index (κ3) is 3.46. The molecule has 2 heterocycles. The molecule has 0 bridgehead atoms. The molecule has 2 saturated heterocycles. The summed E-state index contributed by atoms with van der Waals surface area (Å²) < 4.78 is 6.20. The molecule has 0 aromatic rings. The largest absolute Gasteiger partial charge is 0.360 e. The third-order valence-corrected chi connectivity index (χ3v) is 4.49. The Kier molecular flexibility index (Phi) is 4.68. The zero-order chi connectivity index (χ0) is 13.2. The Morgan fingerprint density at radius 1 is 1.22 bits per heavy atom. The number of piperidine rings is 1. The molecule has 0 saturated carbocycles. The first-order valence-corrected chi connectivity index (χ1v) is 7.62. The van der Waals surface area contributed by atoms with Crippen LogP contribution >= 0.6 is 0 Å². The van der Waals surface area contributed by atoms with Gasteiger partial charge in [-0.05, 0) is 17.8 Å². The van der Waals surface area contributed by atoms with Crippen molar-refractivity contribution in [2.75, 3.05) is 32.8 Å². The van der Waals surface area contributed by atoms with Crippen molar-refractivity contribution in [2.24, 2.45) is 17.8 Å². The Morgan fingerprint density at radius 2 is 1.89 bits per heavy atom. The highest BCUT2D eigenvalue weighted by Gasteiger charge is 2.39. The molecule has 106 valence electrons. The van der Waals surface area contributed by atoms with E-state index in [-0.39, 0.29) is 5.72 Å². The molecule has 0 amide bonds. The summed E-state index contributed by atoms with van der Waals surface area (Å²) in [4.78, 5) is 2.58. The maximum Gasteiger partial charge on any atom is 0.121 e. The average Bonchev–Trinajstić information content (AvgIpc) is 2.32. The van der Waals surface area contributed by atoms with Crippen LogP contribution in [0, 0.1) is 17.8 Å². The van der Waals surface area contributed by atoms with Gasteiger partial charge in [0.25, 0.3) is 0 Å². The van der Waals surface area contributed by atoms with Gasteiger partial charge in [0, 0.05) is 39.0 Å². The molecule has 18 heavy (non-hydrogen) atoms. The second-order valence-electron chi connectivity index (χ2n) is 6.88. The molecular weight excluding hydrogens is 224 g/mol. The van der Waals surface area contributed by atoms with Crippen LogP contribution in [0.5, 0.6) is 0 Å². The summed E-state index contributed by atoms with van der Waals surface area (Å²) in [5.41, 5.74) is -0.00112. The summed E-state index contributed by atoms with van der Waals surface area (Å²) >= 11 is 0. The molecule has 2 aliphatic rings. The first-order valence-electron chi connectivity index (χ1n) is 7.62. The van der Waals surface area contributed by atoms with E-state index in [1.165, 1.54) is 19.6 Å². The van der Waals surface area contributed by atoms with Crippen molar-refractivity contribution in [1.29, 1.82) is 0 Å². The summed E-state index contributed by atoms with van der Waals surface area (Å²) in [7, 11) is 0. The quantitative estimate of drug-likeness (QED) is 0.836. The first kappa shape index (κ1) is 14.3. The van der Waals surface area contributed by atoms with Crippen LogP contribution in [0.4, 0.5) is 0 Å². The predicted molar refractivity (Wildman–Crippen MR) is 75.5 cm³/mol. The summed E-state index contributed by atoms with van der Waals surface area (Å²) in [6, 6.07) is 0. The maximum atomic E-state index is 6.20. The van der Waals surface area contributed by atoms with Crippen LogP contribution in [0.1, 0.15) is 40.5 Å². The van der Waals surface area contributed by atoms with Gasteiger partial charge in [0.05, 0.1) is 6.61 Å². The van der Waals surface area contributed by atoms with E-state index in [0.717, 1.165) is 37.8 Å². The lowest BCUT2D eigenvalue weighted by Crippen LogP contribution is -2.60. The Balaban J connectivity index is 1.79. The Hall–Kier alpha value is -0.120. The van der Waals surface area contributed by atoms with Crippen LogP contribution in [0.2, 0.25) is 0 Å². The number of ether oxygens (including phenoxy) is 1. The fraction of sp³-hybridized carbons (Fsp3) is 1.00. The van der Waals surface area contributed by atoms with Gasteiger partial charge in [-0.15, -0.1) is 0 Å². The number of rotatable bonds is 3. The minimum Gasteiger partial charge on any atom is -0.360 e. The number of nitrogens with zero attached hydrogens (tertiary/aromatic N) is 1. The van der Waals surface area contributed by atoms with Crippen molar-refractivity contribution >= 4 is 0 Å². The van der Waals surface area contributed by atoms with E-state index in [2.05, 4.69) is 37.9 Å². The molecule has 0 aliphatic carbocycles. The second-order valence-corrected chi connectivity index (χ2v) is 6.88. The van der Waals surface area contributed by atoms with Gasteiger partial charge in [0.1, 0.15) is 5.72 Å². The van der Waals surface area contributed by atoms with Crippen LogP contribution in [-0.4, -0.2) is 43.4 Å². The number of hydrogen-bond donors (Lipinski definition) is 1. The highest BCUT2D eigenvalue weighted by atomic mass is 16.5. The fourth-order valence-corrected chi connectivity index (χ4v) is 3.06. The molecule has 0 radical (unpaired) electrons. The van der Waals surface area contributed by atoms with Crippen molar-refractivity contribution in [3.63, 3.8) is 0 Å². The van der Waals surface area contributed by atoms with Gasteiger partial charge >= 0.3 is 0 Å². The Bertz CT molecular complexity index is 247. The standard InChI is InChI=1S/C15H30N2O/c1-12(2)10-17-7-5-15(6-8-17)16-9-14(11-18-15)13(3)4/h12-14,16H,5-11H2,1-4H3. The van der Waals surface area contributed by atoms with Gasteiger partial charge in [-0.1, -0.05) is 27.7 Å². The fourth-order valence-electron chi connectivity index (χ4n) is 3.06. The minimum atomic E-state index is -0.00112. The lowest BCUT2D eigenvalue weighted by atomic mass is 9.91. The van der Waals surface area contributed by atoms with Gasteiger partial charge in [-0.3, -0.25) is 5.32 Å². The third-order valence-electron chi connectivity index (χ3n) is 4.49. The van der Waals surface area contributed by atoms with E-state index >= 15 is 0 Å². The number of nitrogens with one attached hydrogen (secondary N) is 1. The summed E-state index contributed by atoms with van der Waals surface area (Å²) in [5, 5.41) is 3.69. The van der Waals surface area contributed by atoms with Crippen molar-refractivity contribution in [2.45, 2.75) is 46.3 Å². The molecule has 3 heteroatoms. The zero-order valence-electron chi connectivity index (χ0n) is 12.5. The zero-order valence-corrected chi connectivity index (χ0v) is 12.5. The van der Waals surface area contributed by atoms with E-state index in [9.17, 15) is 0 Å². The van der Waals surface area contributed by atoms with Gasteiger partial charge in [-0.2, -0.15) is 0 Å². The van der Waals surface area contributed by atoms with Gasteiger partial charge in [0.15, 0.2) is 0 Å². The van der Waals surface area contributed by atoms with E-state index in [1.807, 2.05) is 0 Å². The smallest absolute Gasteiger partial charge is 0.121 e. The number of hydrogen-bond acceptors (Lipinski definition) is 3. The second kappa shape index (κ2) is 5.89.